The molecule has 0 saturated carbocycles. The van der Waals surface area contributed by atoms with Crippen LogP contribution < -0.4 is 27.1 Å². The zero-order chi connectivity index (χ0) is 13.8. The number of nitrogens with one attached hydrogen (secondary N) is 2. The van der Waals surface area contributed by atoms with Gasteiger partial charge in [-0.3, -0.25) is 4.79 Å². The summed E-state index contributed by atoms with van der Waals surface area (Å²) in [6.07, 6.45) is 1.29. The Balaban J connectivity index is 2.21. The number of nitrogens with zero attached hydrogens (tertiary/aromatic N) is 1. The second-order valence-electron chi connectivity index (χ2n) is 3.92. The van der Waals surface area contributed by atoms with E-state index in [2.05, 4.69) is 15.3 Å². The van der Waals surface area contributed by atoms with E-state index in [1.807, 2.05) is 0 Å². The van der Waals surface area contributed by atoms with E-state index in [-0.39, 0.29) is 11.2 Å². The van der Waals surface area contributed by atoms with Gasteiger partial charge in [-0.05, 0) is 18.2 Å². The molecule has 19 heavy (non-hydrogen) atoms. The third-order valence-electron chi connectivity index (χ3n) is 2.64. The molecule has 0 amide bonds. The smallest absolute Gasteiger partial charge is 0.276 e. The summed E-state index contributed by atoms with van der Waals surface area (Å²) in [4.78, 5) is 17.7. The van der Waals surface area contributed by atoms with Crippen LogP contribution in [-0.4, -0.2) is 17.1 Å². The fourth-order valence-corrected chi connectivity index (χ4v) is 1.67. The lowest BCUT2D eigenvalue weighted by Gasteiger charge is -2.11. The molecule has 0 aliphatic rings. The molecule has 0 saturated heterocycles. The van der Waals surface area contributed by atoms with Crippen molar-refractivity contribution in [2.75, 3.05) is 23.9 Å². The molecule has 0 aliphatic carbocycles. The number of aromatic nitrogens is 2. The number of benzene rings is 1. The van der Waals surface area contributed by atoms with Crippen molar-refractivity contribution < 1.29 is 4.74 Å². The van der Waals surface area contributed by atoms with E-state index in [4.69, 9.17) is 16.2 Å². The van der Waals surface area contributed by atoms with Crippen molar-refractivity contribution >= 4 is 17.2 Å². The molecule has 7 heteroatoms. The SMILES string of the molecule is COc1ccc(N)cc1CNc1nc[nH]c(=O)c1N. The second kappa shape index (κ2) is 5.30. The maximum Gasteiger partial charge on any atom is 0.276 e. The van der Waals surface area contributed by atoms with Crippen molar-refractivity contribution in [2.24, 2.45) is 0 Å². The maximum absolute atomic E-state index is 11.3. The predicted octanol–water partition coefficient (Wildman–Crippen LogP) is 0.555. The first kappa shape index (κ1) is 12.7. The number of rotatable bonds is 4. The summed E-state index contributed by atoms with van der Waals surface area (Å²) >= 11 is 0. The van der Waals surface area contributed by atoms with Crippen molar-refractivity contribution in [2.45, 2.75) is 6.54 Å². The standard InChI is InChI=1S/C12H15N5O2/c1-19-9-3-2-8(13)4-7(9)5-15-11-10(14)12(18)17-6-16-11/h2-4,6H,5,13-14H2,1H3,(H2,15,16,17,18). The Bertz CT molecular complexity index is 638. The van der Waals surface area contributed by atoms with Gasteiger partial charge in [0.1, 0.15) is 11.4 Å². The minimum atomic E-state index is -0.378. The van der Waals surface area contributed by atoms with Gasteiger partial charge < -0.3 is 26.5 Å². The van der Waals surface area contributed by atoms with Gasteiger partial charge in [-0.25, -0.2) is 4.98 Å². The predicted molar refractivity (Wildman–Crippen MR) is 74.0 cm³/mol. The van der Waals surface area contributed by atoms with Crippen LogP contribution in [-0.2, 0) is 6.54 Å². The lowest BCUT2D eigenvalue weighted by molar-refractivity contribution is 0.410. The number of anilines is 3. The lowest BCUT2D eigenvalue weighted by Crippen LogP contribution is -2.16. The van der Waals surface area contributed by atoms with Crippen LogP contribution in [0.5, 0.6) is 5.75 Å². The number of H-pyrrole nitrogens is 1. The average molecular weight is 261 g/mol. The quantitative estimate of drug-likeness (QED) is 0.597. The molecule has 0 radical (unpaired) electrons. The second-order valence-corrected chi connectivity index (χ2v) is 3.92. The lowest BCUT2D eigenvalue weighted by atomic mass is 10.1. The number of nitrogens with two attached hydrogens (primary N) is 2. The Morgan fingerprint density at radius 3 is 2.95 bits per heavy atom. The number of ether oxygens (including phenoxy) is 1. The van der Waals surface area contributed by atoms with Crippen LogP contribution >= 0.6 is 0 Å². The molecule has 1 heterocycles. The molecular formula is C12H15N5O2. The molecule has 0 spiro atoms. The van der Waals surface area contributed by atoms with E-state index >= 15 is 0 Å². The van der Waals surface area contributed by atoms with Gasteiger partial charge >= 0.3 is 0 Å². The van der Waals surface area contributed by atoms with Crippen LogP contribution in [0.25, 0.3) is 0 Å². The summed E-state index contributed by atoms with van der Waals surface area (Å²) in [5.41, 5.74) is 12.5. The van der Waals surface area contributed by atoms with Gasteiger partial charge in [-0.2, -0.15) is 0 Å². The zero-order valence-corrected chi connectivity index (χ0v) is 10.4. The van der Waals surface area contributed by atoms with Crippen molar-refractivity contribution in [3.63, 3.8) is 0 Å². The van der Waals surface area contributed by atoms with Gasteiger partial charge in [-0.1, -0.05) is 0 Å². The molecule has 0 fully saturated rings. The molecule has 2 rings (SSSR count). The van der Waals surface area contributed by atoms with Gasteiger partial charge in [0.05, 0.1) is 13.4 Å². The monoisotopic (exact) mass is 261 g/mol. The van der Waals surface area contributed by atoms with Gasteiger partial charge in [0.25, 0.3) is 5.56 Å². The third-order valence-corrected chi connectivity index (χ3v) is 2.64. The van der Waals surface area contributed by atoms with Crippen LogP contribution in [0.3, 0.4) is 0 Å². The minimum Gasteiger partial charge on any atom is -0.496 e. The Morgan fingerprint density at radius 1 is 1.42 bits per heavy atom. The Morgan fingerprint density at radius 2 is 2.21 bits per heavy atom. The van der Waals surface area contributed by atoms with Crippen molar-refractivity contribution in [3.05, 3.63) is 40.4 Å². The topological polar surface area (TPSA) is 119 Å². The van der Waals surface area contributed by atoms with Crippen molar-refractivity contribution in [1.82, 2.24) is 9.97 Å². The number of methoxy groups -OCH3 is 1. The van der Waals surface area contributed by atoms with E-state index in [0.29, 0.717) is 23.8 Å². The van der Waals surface area contributed by atoms with Crippen LogP contribution in [0.2, 0.25) is 0 Å². The Hall–Kier alpha value is -2.70. The average Bonchev–Trinajstić information content (AvgIpc) is 2.40. The minimum absolute atomic E-state index is 0.0466. The summed E-state index contributed by atoms with van der Waals surface area (Å²) in [5, 5.41) is 2.98. The highest BCUT2D eigenvalue weighted by atomic mass is 16.5. The van der Waals surface area contributed by atoms with Gasteiger partial charge in [-0.15, -0.1) is 0 Å². The van der Waals surface area contributed by atoms with Crippen molar-refractivity contribution in [1.29, 1.82) is 0 Å². The molecule has 0 unspecified atom stereocenters. The van der Waals surface area contributed by atoms with Crippen LogP contribution in [0.1, 0.15) is 5.56 Å². The van der Waals surface area contributed by atoms with E-state index in [0.717, 1.165) is 5.56 Å². The normalized spacial score (nSPS) is 10.2. The molecule has 0 atom stereocenters. The maximum atomic E-state index is 11.3. The molecule has 6 N–H and O–H groups in total. The van der Waals surface area contributed by atoms with Gasteiger partial charge in [0, 0.05) is 17.8 Å². The number of hydrogen-bond donors (Lipinski definition) is 4. The summed E-state index contributed by atoms with van der Waals surface area (Å²) in [7, 11) is 1.58. The molecular weight excluding hydrogens is 246 g/mol. The fraction of sp³-hybridized carbons (Fsp3) is 0.167. The summed E-state index contributed by atoms with van der Waals surface area (Å²) in [5.74, 6) is 1.03. The fourth-order valence-electron chi connectivity index (χ4n) is 1.67. The first-order valence-electron chi connectivity index (χ1n) is 5.61. The zero-order valence-electron chi connectivity index (χ0n) is 10.4. The largest absolute Gasteiger partial charge is 0.496 e. The number of nitrogen functional groups attached to an aromatic ring is 2. The van der Waals surface area contributed by atoms with Crippen LogP contribution in [0, 0.1) is 0 Å². The van der Waals surface area contributed by atoms with Crippen LogP contribution in [0.15, 0.2) is 29.3 Å². The van der Waals surface area contributed by atoms with E-state index < -0.39 is 0 Å². The highest BCUT2D eigenvalue weighted by Gasteiger charge is 2.07. The number of hydrogen-bond acceptors (Lipinski definition) is 6. The summed E-state index contributed by atoms with van der Waals surface area (Å²) in [6, 6.07) is 5.32. The third kappa shape index (κ3) is 2.76. The highest BCUT2D eigenvalue weighted by molar-refractivity contribution is 5.59. The molecule has 0 bridgehead atoms. The first-order chi connectivity index (χ1) is 9.11. The van der Waals surface area contributed by atoms with E-state index in [9.17, 15) is 4.79 Å². The molecule has 7 nitrogen and oxygen atoms in total. The molecule has 1 aromatic carbocycles. The Labute approximate surface area is 109 Å². The summed E-state index contributed by atoms with van der Waals surface area (Å²) < 4.78 is 5.23. The number of aromatic amines is 1. The Kier molecular flexibility index (Phi) is 3.56. The van der Waals surface area contributed by atoms with Gasteiger partial charge in [0.15, 0.2) is 5.82 Å². The molecule has 1 aromatic heterocycles. The molecule has 100 valence electrons. The van der Waals surface area contributed by atoms with Crippen LogP contribution in [0.4, 0.5) is 17.2 Å². The molecule has 0 aliphatic heterocycles. The summed E-state index contributed by atoms with van der Waals surface area (Å²) in [6.45, 7) is 0.398. The van der Waals surface area contributed by atoms with Gasteiger partial charge in [0.2, 0.25) is 0 Å². The van der Waals surface area contributed by atoms with Crippen molar-refractivity contribution in [3.8, 4) is 5.75 Å². The highest BCUT2D eigenvalue weighted by Crippen LogP contribution is 2.22. The van der Waals surface area contributed by atoms with E-state index in [1.54, 1.807) is 25.3 Å². The molecule has 2 aromatic rings. The van der Waals surface area contributed by atoms with E-state index in [1.165, 1.54) is 6.33 Å². The first-order valence-corrected chi connectivity index (χ1v) is 5.61.